The van der Waals surface area contributed by atoms with Crippen LogP contribution in [0.1, 0.15) is 50.2 Å². The van der Waals surface area contributed by atoms with Gasteiger partial charge in [0.1, 0.15) is 22.4 Å². The van der Waals surface area contributed by atoms with Gasteiger partial charge in [0.05, 0.1) is 22.3 Å². The van der Waals surface area contributed by atoms with E-state index in [4.69, 9.17) is 11.0 Å². The summed E-state index contributed by atoms with van der Waals surface area (Å²) in [5, 5.41) is 10.8. The molecule has 4 rings (SSSR count). The van der Waals surface area contributed by atoms with Gasteiger partial charge in [-0.05, 0) is 42.7 Å². The van der Waals surface area contributed by atoms with E-state index in [-0.39, 0.29) is 11.4 Å². The topological polar surface area (TPSA) is 136 Å². The second-order valence-electron chi connectivity index (χ2n) is 7.18. The SMILES string of the molecule is CC#N.NC(=Nc1ccc2c(c1)CNS2=O)c1c(NC2CCCCC2)cc[nH]c1=O. The van der Waals surface area contributed by atoms with Crippen LogP contribution >= 0.6 is 0 Å². The molecule has 2 heterocycles. The molecule has 1 aliphatic carbocycles. The van der Waals surface area contributed by atoms with Gasteiger partial charge in [-0.15, -0.1) is 0 Å². The van der Waals surface area contributed by atoms with Crippen LogP contribution in [0.2, 0.25) is 0 Å². The summed E-state index contributed by atoms with van der Waals surface area (Å²) < 4.78 is 14.7. The smallest absolute Gasteiger partial charge is 0.261 e. The molecule has 1 unspecified atom stereocenters. The molecule has 8 nitrogen and oxygen atoms in total. The lowest BCUT2D eigenvalue weighted by molar-refractivity contribution is 0.462. The standard InChI is InChI=1S/C19H23N5O2S.C2H3N/c20-18(24-14-6-7-16-12(10-14)11-22-27(16)26)17-15(8-9-21-19(17)25)23-13-4-2-1-3-5-13;1-2-3/h6-10,13,22H,1-5,11H2,(H2,20,24)(H2,21,23,25);1H3. The molecular formula is C21H26N6O2S. The Hall–Kier alpha value is -2.96. The van der Waals surface area contributed by atoms with Crippen molar-refractivity contribution in [2.24, 2.45) is 10.7 Å². The number of benzene rings is 1. The minimum Gasteiger partial charge on any atom is -0.383 e. The first kappa shape index (κ1) is 21.7. The van der Waals surface area contributed by atoms with Gasteiger partial charge in [-0.3, -0.25) is 4.79 Å². The van der Waals surface area contributed by atoms with Crippen LogP contribution in [0.25, 0.3) is 0 Å². The molecule has 0 saturated heterocycles. The monoisotopic (exact) mass is 426 g/mol. The quantitative estimate of drug-likeness (QED) is 0.440. The van der Waals surface area contributed by atoms with Crippen LogP contribution in [0.4, 0.5) is 11.4 Å². The molecule has 9 heteroatoms. The highest BCUT2D eigenvalue weighted by Gasteiger charge is 2.19. The lowest BCUT2D eigenvalue weighted by Crippen LogP contribution is -2.29. The minimum absolute atomic E-state index is 0.169. The predicted octanol–water partition coefficient (Wildman–Crippen LogP) is 2.81. The summed E-state index contributed by atoms with van der Waals surface area (Å²) in [6.45, 7) is 1.96. The molecule has 2 aromatic rings. The third-order valence-electron chi connectivity index (χ3n) is 5.07. The van der Waals surface area contributed by atoms with Gasteiger partial charge in [0.25, 0.3) is 5.56 Å². The zero-order valence-electron chi connectivity index (χ0n) is 16.9. The van der Waals surface area contributed by atoms with Gasteiger partial charge >= 0.3 is 0 Å². The Morgan fingerprint density at radius 2 is 2.03 bits per heavy atom. The number of nitrogens with zero attached hydrogens (tertiary/aromatic N) is 2. The minimum atomic E-state index is -1.16. The number of anilines is 1. The average Bonchev–Trinajstić information content (AvgIpc) is 3.09. The van der Waals surface area contributed by atoms with Gasteiger partial charge in [-0.25, -0.2) is 13.9 Å². The largest absolute Gasteiger partial charge is 0.383 e. The summed E-state index contributed by atoms with van der Waals surface area (Å²) in [6.07, 6.45) is 7.48. The summed E-state index contributed by atoms with van der Waals surface area (Å²) in [4.78, 5) is 20.3. The van der Waals surface area contributed by atoms with Crippen molar-refractivity contribution in [2.75, 3.05) is 5.32 Å². The van der Waals surface area contributed by atoms with E-state index >= 15 is 0 Å². The maximum Gasteiger partial charge on any atom is 0.261 e. The molecule has 0 amide bonds. The Morgan fingerprint density at radius 3 is 2.77 bits per heavy atom. The van der Waals surface area contributed by atoms with Gasteiger partial charge < -0.3 is 16.0 Å². The number of fused-ring (bicyclic) bond motifs is 1. The normalized spacial score (nSPS) is 18.7. The second-order valence-corrected chi connectivity index (χ2v) is 8.44. The molecule has 1 saturated carbocycles. The highest BCUT2D eigenvalue weighted by Crippen LogP contribution is 2.26. The Morgan fingerprint density at radius 1 is 1.30 bits per heavy atom. The number of aromatic amines is 1. The second kappa shape index (κ2) is 10.2. The number of pyridine rings is 1. The highest BCUT2D eigenvalue weighted by molar-refractivity contribution is 7.83. The molecule has 1 fully saturated rings. The molecule has 1 aromatic heterocycles. The van der Waals surface area contributed by atoms with Gasteiger partial charge in [0.2, 0.25) is 0 Å². The fraction of sp³-hybridized carbons (Fsp3) is 0.381. The lowest BCUT2D eigenvalue weighted by atomic mass is 9.95. The van der Waals surface area contributed by atoms with E-state index < -0.39 is 11.0 Å². The maximum absolute atomic E-state index is 12.4. The fourth-order valence-electron chi connectivity index (χ4n) is 3.69. The number of hydrogen-bond donors (Lipinski definition) is 4. The molecule has 158 valence electrons. The Balaban J connectivity index is 0.000000806. The number of hydrogen-bond acceptors (Lipinski definition) is 5. The fourth-order valence-corrected chi connectivity index (χ4v) is 4.69. The number of rotatable bonds is 4. The van der Waals surface area contributed by atoms with Crippen molar-refractivity contribution >= 4 is 28.2 Å². The number of aromatic nitrogens is 1. The van der Waals surface area contributed by atoms with Gasteiger partial charge in [0.15, 0.2) is 0 Å². The van der Waals surface area contributed by atoms with Crippen LogP contribution in [-0.2, 0) is 17.5 Å². The van der Waals surface area contributed by atoms with Crippen LogP contribution < -0.4 is 21.3 Å². The van der Waals surface area contributed by atoms with Crippen molar-refractivity contribution in [3.8, 4) is 6.07 Å². The van der Waals surface area contributed by atoms with E-state index in [0.29, 0.717) is 23.8 Å². The number of H-pyrrole nitrogens is 1. The molecule has 1 aromatic carbocycles. The lowest BCUT2D eigenvalue weighted by Gasteiger charge is -2.24. The highest BCUT2D eigenvalue weighted by atomic mass is 32.2. The van der Waals surface area contributed by atoms with Crippen LogP contribution in [0.3, 0.4) is 0 Å². The Kier molecular flexibility index (Phi) is 7.38. The van der Waals surface area contributed by atoms with Crippen molar-refractivity contribution in [1.82, 2.24) is 9.71 Å². The average molecular weight is 427 g/mol. The van der Waals surface area contributed by atoms with Gasteiger partial charge in [0, 0.05) is 25.7 Å². The van der Waals surface area contributed by atoms with E-state index in [2.05, 4.69) is 20.0 Å². The molecule has 5 N–H and O–H groups in total. The van der Waals surface area contributed by atoms with Crippen LogP contribution in [0.5, 0.6) is 0 Å². The molecule has 0 bridgehead atoms. The van der Waals surface area contributed by atoms with Gasteiger partial charge in [-0.2, -0.15) is 5.26 Å². The van der Waals surface area contributed by atoms with Crippen molar-refractivity contribution in [1.29, 1.82) is 5.26 Å². The number of nitriles is 1. The molecule has 0 spiro atoms. The summed E-state index contributed by atoms with van der Waals surface area (Å²) in [7, 11) is -1.16. The molecule has 0 radical (unpaired) electrons. The first-order valence-corrected chi connectivity index (χ1v) is 11.1. The Labute approximate surface area is 178 Å². The predicted molar refractivity (Wildman–Crippen MR) is 119 cm³/mol. The van der Waals surface area contributed by atoms with Gasteiger partial charge in [-0.1, -0.05) is 19.3 Å². The van der Waals surface area contributed by atoms with Crippen LogP contribution in [0.15, 0.2) is 45.1 Å². The van der Waals surface area contributed by atoms with E-state index in [1.807, 2.05) is 12.1 Å². The van der Waals surface area contributed by atoms with E-state index in [1.165, 1.54) is 26.2 Å². The summed E-state index contributed by atoms with van der Waals surface area (Å²) >= 11 is 0. The molecule has 1 atom stereocenters. The molecule has 1 aliphatic heterocycles. The Bertz CT molecular complexity index is 1050. The van der Waals surface area contributed by atoms with E-state index in [0.717, 1.165) is 29.0 Å². The number of amidine groups is 1. The van der Waals surface area contributed by atoms with E-state index in [9.17, 15) is 9.00 Å². The first-order chi connectivity index (χ1) is 14.5. The third kappa shape index (κ3) is 5.14. The number of nitrogens with two attached hydrogens (primary N) is 1. The van der Waals surface area contributed by atoms with Crippen LogP contribution in [0, 0.1) is 11.3 Å². The van der Waals surface area contributed by atoms with Crippen LogP contribution in [-0.4, -0.2) is 21.1 Å². The molecular weight excluding hydrogens is 400 g/mol. The van der Waals surface area contributed by atoms with Crippen molar-refractivity contribution < 1.29 is 4.21 Å². The zero-order valence-corrected chi connectivity index (χ0v) is 17.7. The summed E-state index contributed by atoms with van der Waals surface area (Å²) in [6, 6.07) is 9.35. The maximum atomic E-state index is 12.4. The van der Waals surface area contributed by atoms with Crippen molar-refractivity contribution in [2.45, 2.75) is 56.5 Å². The van der Waals surface area contributed by atoms with Crippen molar-refractivity contribution in [3.63, 3.8) is 0 Å². The molecule has 30 heavy (non-hydrogen) atoms. The first-order valence-electron chi connectivity index (χ1n) is 9.95. The zero-order chi connectivity index (χ0) is 21.5. The van der Waals surface area contributed by atoms with E-state index in [1.54, 1.807) is 24.4 Å². The number of nitrogens with one attached hydrogen (secondary N) is 3. The third-order valence-corrected chi connectivity index (χ3v) is 6.27. The van der Waals surface area contributed by atoms with Crippen molar-refractivity contribution in [3.05, 3.63) is 51.9 Å². The summed E-state index contributed by atoms with van der Waals surface area (Å²) in [5.41, 5.74) is 8.61. The number of aliphatic imine (C=N–C) groups is 1. The summed E-state index contributed by atoms with van der Waals surface area (Å²) in [5.74, 6) is 0.169. The molecule has 2 aliphatic rings.